The Kier molecular flexibility index (Phi) is 1.89. The van der Waals surface area contributed by atoms with Crippen LogP contribution in [0.15, 0.2) is 5.10 Å². The summed E-state index contributed by atoms with van der Waals surface area (Å²) in [5.41, 5.74) is 5.21. The molecule has 0 aromatic carbocycles. The lowest BCUT2D eigenvalue weighted by Crippen LogP contribution is -2.31. The summed E-state index contributed by atoms with van der Waals surface area (Å²) in [6, 6.07) is 0. The predicted octanol–water partition coefficient (Wildman–Crippen LogP) is 0.207. The van der Waals surface area contributed by atoms with E-state index in [4.69, 9.17) is 11.1 Å². The van der Waals surface area contributed by atoms with E-state index in [-0.39, 0.29) is 5.96 Å². The fourth-order valence-electron chi connectivity index (χ4n) is 0.886. The van der Waals surface area contributed by atoms with Gasteiger partial charge in [-0.25, -0.2) is 5.01 Å². The molecule has 1 heterocycles. The monoisotopic (exact) mass is 140 g/mol. The van der Waals surface area contributed by atoms with Gasteiger partial charge in [-0.3, -0.25) is 5.41 Å². The molecule has 4 heteroatoms. The van der Waals surface area contributed by atoms with Crippen LogP contribution in [-0.4, -0.2) is 23.7 Å². The summed E-state index contributed by atoms with van der Waals surface area (Å²) in [7, 11) is 0. The number of rotatable bonds is 1. The Balaban J connectivity index is 2.45. The number of nitrogens with two attached hydrogens (primary N) is 1. The maximum atomic E-state index is 7.05. The molecular weight excluding hydrogens is 128 g/mol. The summed E-state index contributed by atoms with van der Waals surface area (Å²) >= 11 is 0. The fourth-order valence-corrected chi connectivity index (χ4v) is 0.886. The van der Waals surface area contributed by atoms with Crippen molar-refractivity contribution in [2.75, 3.05) is 6.54 Å². The van der Waals surface area contributed by atoms with E-state index in [0.717, 1.165) is 13.0 Å². The van der Waals surface area contributed by atoms with Crippen molar-refractivity contribution in [1.29, 1.82) is 5.41 Å². The van der Waals surface area contributed by atoms with E-state index in [9.17, 15) is 0 Å². The average molecular weight is 140 g/mol. The summed E-state index contributed by atoms with van der Waals surface area (Å²) in [4.78, 5) is 0. The van der Waals surface area contributed by atoms with Crippen LogP contribution in [0, 0.1) is 11.3 Å². The molecule has 1 rings (SSSR count). The highest BCUT2D eigenvalue weighted by atomic mass is 15.5. The van der Waals surface area contributed by atoms with Gasteiger partial charge in [-0.2, -0.15) is 5.10 Å². The third-order valence-corrected chi connectivity index (χ3v) is 1.63. The van der Waals surface area contributed by atoms with E-state index < -0.39 is 0 Å². The molecule has 1 aliphatic rings. The van der Waals surface area contributed by atoms with Gasteiger partial charge in [0, 0.05) is 12.1 Å². The van der Waals surface area contributed by atoms with Crippen LogP contribution >= 0.6 is 0 Å². The Morgan fingerprint density at radius 2 is 2.70 bits per heavy atom. The molecule has 0 aromatic heterocycles. The third kappa shape index (κ3) is 1.26. The normalized spacial score (nSPS) is 23.7. The van der Waals surface area contributed by atoms with Crippen LogP contribution in [0.3, 0.4) is 0 Å². The van der Waals surface area contributed by atoms with E-state index in [1.54, 1.807) is 0 Å². The SMILES string of the molecule is CCC1C=NN(C(=N)N)C1. The number of hydrogen-bond acceptors (Lipinski definition) is 2. The van der Waals surface area contributed by atoms with Crippen LogP contribution < -0.4 is 5.73 Å². The van der Waals surface area contributed by atoms with Gasteiger partial charge in [0.25, 0.3) is 0 Å². The predicted molar refractivity (Wildman–Crippen MR) is 40.9 cm³/mol. The van der Waals surface area contributed by atoms with Gasteiger partial charge in [-0.15, -0.1) is 0 Å². The third-order valence-electron chi connectivity index (χ3n) is 1.63. The highest BCUT2D eigenvalue weighted by molar-refractivity contribution is 5.78. The molecule has 0 spiro atoms. The molecule has 0 bridgehead atoms. The molecule has 10 heavy (non-hydrogen) atoms. The number of guanidine groups is 1. The first-order chi connectivity index (χ1) is 4.74. The van der Waals surface area contributed by atoms with Crippen LogP contribution in [0.4, 0.5) is 0 Å². The van der Waals surface area contributed by atoms with Crippen molar-refractivity contribution in [3.05, 3.63) is 0 Å². The number of nitrogens with one attached hydrogen (secondary N) is 1. The molecule has 1 atom stereocenters. The largest absolute Gasteiger partial charge is 0.369 e. The summed E-state index contributed by atoms with van der Waals surface area (Å²) in [6.07, 6.45) is 2.91. The van der Waals surface area contributed by atoms with Gasteiger partial charge in [0.2, 0.25) is 5.96 Å². The first kappa shape index (κ1) is 7.05. The van der Waals surface area contributed by atoms with E-state index >= 15 is 0 Å². The highest BCUT2D eigenvalue weighted by Crippen LogP contribution is 2.09. The lowest BCUT2D eigenvalue weighted by Gasteiger charge is -2.11. The summed E-state index contributed by atoms with van der Waals surface area (Å²) < 4.78 is 0. The van der Waals surface area contributed by atoms with Crippen molar-refractivity contribution in [2.45, 2.75) is 13.3 Å². The molecule has 0 fully saturated rings. The van der Waals surface area contributed by atoms with Crippen LogP contribution in [-0.2, 0) is 0 Å². The molecule has 0 amide bonds. The lowest BCUT2D eigenvalue weighted by molar-refractivity contribution is 0.433. The molecule has 56 valence electrons. The summed E-state index contributed by atoms with van der Waals surface area (Å²) in [6.45, 7) is 2.87. The van der Waals surface area contributed by atoms with Gasteiger partial charge in [0.1, 0.15) is 0 Å². The van der Waals surface area contributed by atoms with Crippen LogP contribution in [0.1, 0.15) is 13.3 Å². The Morgan fingerprint density at radius 1 is 2.00 bits per heavy atom. The van der Waals surface area contributed by atoms with Crippen molar-refractivity contribution in [2.24, 2.45) is 16.8 Å². The van der Waals surface area contributed by atoms with Gasteiger partial charge < -0.3 is 5.73 Å². The zero-order valence-corrected chi connectivity index (χ0v) is 6.04. The minimum Gasteiger partial charge on any atom is -0.369 e. The second-order valence-corrected chi connectivity index (χ2v) is 2.40. The Bertz CT molecular complexity index is 163. The molecule has 4 nitrogen and oxygen atoms in total. The standard InChI is InChI=1S/C6H12N4/c1-2-5-3-9-10(4-5)6(7)8/h3,5H,2,4H2,1H3,(H3,7,8). The Labute approximate surface area is 60.2 Å². The van der Waals surface area contributed by atoms with Crippen molar-refractivity contribution in [3.8, 4) is 0 Å². The Hall–Kier alpha value is -1.06. The lowest BCUT2D eigenvalue weighted by atomic mass is 10.1. The van der Waals surface area contributed by atoms with Crippen LogP contribution in [0.5, 0.6) is 0 Å². The minimum absolute atomic E-state index is 0.0344. The molecule has 0 radical (unpaired) electrons. The van der Waals surface area contributed by atoms with E-state index in [0.29, 0.717) is 5.92 Å². The zero-order valence-electron chi connectivity index (χ0n) is 6.04. The number of nitrogens with zero attached hydrogens (tertiary/aromatic N) is 2. The minimum atomic E-state index is 0.0344. The van der Waals surface area contributed by atoms with E-state index in [1.807, 2.05) is 6.21 Å². The zero-order chi connectivity index (χ0) is 7.56. The van der Waals surface area contributed by atoms with Gasteiger partial charge in [-0.1, -0.05) is 6.92 Å². The fraction of sp³-hybridized carbons (Fsp3) is 0.667. The first-order valence-electron chi connectivity index (χ1n) is 3.39. The quantitative estimate of drug-likeness (QED) is 0.404. The average Bonchev–Trinajstić information content (AvgIpc) is 2.34. The topological polar surface area (TPSA) is 65.5 Å². The van der Waals surface area contributed by atoms with Gasteiger partial charge >= 0.3 is 0 Å². The molecule has 3 N–H and O–H groups in total. The Morgan fingerprint density at radius 3 is 3.00 bits per heavy atom. The summed E-state index contributed by atoms with van der Waals surface area (Å²) in [5.74, 6) is 0.510. The molecule has 0 aromatic rings. The van der Waals surface area contributed by atoms with Crippen LogP contribution in [0.25, 0.3) is 0 Å². The number of hydrogen-bond donors (Lipinski definition) is 2. The smallest absolute Gasteiger partial charge is 0.209 e. The molecule has 1 aliphatic heterocycles. The first-order valence-corrected chi connectivity index (χ1v) is 3.39. The van der Waals surface area contributed by atoms with Gasteiger partial charge in [0.05, 0.1) is 6.54 Å². The van der Waals surface area contributed by atoms with Gasteiger partial charge in [0.15, 0.2) is 0 Å². The molecule has 0 aliphatic carbocycles. The van der Waals surface area contributed by atoms with Crippen molar-refractivity contribution < 1.29 is 0 Å². The van der Waals surface area contributed by atoms with Gasteiger partial charge in [-0.05, 0) is 6.42 Å². The van der Waals surface area contributed by atoms with Crippen molar-refractivity contribution in [1.82, 2.24) is 5.01 Å². The van der Waals surface area contributed by atoms with Crippen LogP contribution in [0.2, 0.25) is 0 Å². The van der Waals surface area contributed by atoms with Crippen molar-refractivity contribution in [3.63, 3.8) is 0 Å². The number of hydrazone groups is 1. The highest BCUT2D eigenvalue weighted by Gasteiger charge is 2.16. The van der Waals surface area contributed by atoms with E-state index in [1.165, 1.54) is 5.01 Å². The summed E-state index contributed by atoms with van der Waals surface area (Å²) in [5, 5.41) is 12.5. The molecular formula is C6H12N4. The maximum absolute atomic E-state index is 7.05. The molecule has 0 saturated carbocycles. The second kappa shape index (κ2) is 2.68. The van der Waals surface area contributed by atoms with Crippen molar-refractivity contribution >= 4 is 12.2 Å². The van der Waals surface area contributed by atoms with E-state index in [2.05, 4.69) is 12.0 Å². The second-order valence-electron chi connectivity index (χ2n) is 2.40. The molecule has 1 unspecified atom stereocenters. The molecule has 0 saturated heterocycles. The maximum Gasteiger partial charge on any atom is 0.209 e.